The first-order chi connectivity index (χ1) is 13.9. The Bertz CT molecular complexity index is 925. The van der Waals surface area contributed by atoms with E-state index in [1.807, 2.05) is 44.2 Å². The minimum absolute atomic E-state index is 0.00611. The van der Waals surface area contributed by atoms with Crippen LogP contribution in [0.5, 0.6) is 0 Å². The van der Waals surface area contributed by atoms with Crippen LogP contribution in [0.15, 0.2) is 59.1 Å². The number of nitro groups is 1. The molecular weight excluding hydrogens is 372 g/mol. The van der Waals surface area contributed by atoms with Crippen LogP contribution in [0.25, 0.3) is 11.4 Å². The van der Waals surface area contributed by atoms with Crippen LogP contribution in [0.4, 0.5) is 5.69 Å². The van der Waals surface area contributed by atoms with E-state index in [0.29, 0.717) is 30.2 Å². The van der Waals surface area contributed by atoms with Gasteiger partial charge in [-0.3, -0.25) is 10.1 Å². The van der Waals surface area contributed by atoms with Crippen LogP contribution in [0.2, 0.25) is 0 Å². The smallest absolute Gasteiger partial charge is 0.269 e. The third-order valence-corrected chi connectivity index (χ3v) is 4.60. The summed E-state index contributed by atoms with van der Waals surface area (Å²) in [6.07, 6.45) is 0.00648. The van der Waals surface area contributed by atoms with Crippen LogP contribution in [0.3, 0.4) is 0 Å². The highest BCUT2D eigenvalue weighted by molar-refractivity contribution is 5.56. The molecule has 29 heavy (non-hydrogen) atoms. The molecule has 2 atom stereocenters. The van der Waals surface area contributed by atoms with Gasteiger partial charge in [-0.25, -0.2) is 0 Å². The van der Waals surface area contributed by atoms with E-state index in [4.69, 9.17) is 4.52 Å². The van der Waals surface area contributed by atoms with Gasteiger partial charge in [0.25, 0.3) is 5.69 Å². The second-order valence-corrected chi connectivity index (χ2v) is 7.23. The zero-order chi connectivity index (χ0) is 20.8. The molecule has 2 N–H and O–H groups in total. The quantitative estimate of drug-likeness (QED) is 0.420. The molecular formula is C21H24N4O4. The lowest BCUT2D eigenvalue weighted by Gasteiger charge is -2.20. The Labute approximate surface area is 168 Å². The molecule has 0 unspecified atom stereocenters. The standard InChI is InChI=1S/C21H24N4O4/c1-14(2)19(22-13-18(26)12-15-6-4-3-5-7-15)21-23-20(24-29-21)16-8-10-17(11-9-16)25(27)28/h3-11,14,18-19,22,26H,12-13H2,1-2H3/t18-,19-/m1/s1. The third kappa shape index (κ3) is 5.46. The first-order valence-electron chi connectivity index (χ1n) is 9.48. The number of aromatic nitrogens is 2. The van der Waals surface area contributed by atoms with Gasteiger partial charge in [-0.15, -0.1) is 0 Å². The highest BCUT2D eigenvalue weighted by atomic mass is 16.6. The van der Waals surface area contributed by atoms with Gasteiger partial charge in [0.2, 0.25) is 11.7 Å². The number of nitro benzene ring substituents is 1. The molecule has 3 aromatic rings. The maximum absolute atomic E-state index is 10.8. The molecule has 8 heteroatoms. The summed E-state index contributed by atoms with van der Waals surface area (Å²) in [6, 6.07) is 15.6. The maximum Gasteiger partial charge on any atom is 0.269 e. The van der Waals surface area contributed by atoms with Gasteiger partial charge in [0.15, 0.2) is 0 Å². The fourth-order valence-electron chi connectivity index (χ4n) is 3.04. The molecule has 0 saturated carbocycles. The van der Waals surface area contributed by atoms with Crippen molar-refractivity contribution in [2.45, 2.75) is 32.4 Å². The fraction of sp³-hybridized carbons (Fsp3) is 0.333. The third-order valence-electron chi connectivity index (χ3n) is 4.60. The van der Waals surface area contributed by atoms with E-state index in [0.717, 1.165) is 5.56 Å². The van der Waals surface area contributed by atoms with Gasteiger partial charge in [-0.2, -0.15) is 4.98 Å². The Morgan fingerprint density at radius 3 is 2.45 bits per heavy atom. The summed E-state index contributed by atoms with van der Waals surface area (Å²) in [7, 11) is 0. The van der Waals surface area contributed by atoms with Crippen LogP contribution in [-0.2, 0) is 6.42 Å². The van der Waals surface area contributed by atoms with Crippen LogP contribution < -0.4 is 5.32 Å². The summed E-state index contributed by atoms with van der Waals surface area (Å²) in [6.45, 7) is 4.43. The van der Waals surface area contributed by atoms with E-state index in [1.165, 1.54) is 12.1 Å². The second kappa shape index (κ2) is 9.40. The fourth-order valence-corrected chi connectivity index (χ4v) is 3.04. The number of rotatable bonds is 9. The summed E-state index contributed by atoms with van der Waals surface area (Å²) in [5, 5.41) is 28.4. The molecule has 0 saturated heterocycles. The van der Waals surface area contributed by atoms with Crippen molar-refractivity contribution < 1.29 is 14.6 Å². The van der Waals surface area contributed by atoms with Crippen molar-refractivity contribution in [1.29, 1.82) is 0 Å². The summed E-state index contributed by atoms with van der Waals surface area (Å²) < 4.78 is 5.43. The van der Waals surface area contributed by atoms with Crippen molar-refractivity contribution >= 4 is 5.69 Å². The Morgan fingerprint density at radius 2 is 1.83 bits per heavy atom. The molecule has 2 aromatic carbocycles. The van der Waals surface area contributed by atoms with E-state index < -0.39 is 11.0 Å². The number of non-ortho nitro benzene ring substituents is 1. The van der Waals surface area contributed by atoms with Crippen LogP contribution in [0, 0.1) is 16.0 Å². The summed E-state index contributed by atoms with van der Waals surface area (Å²) in [4.78, 5) is 14.8. The van der Waals surface area contributed by atoms with Gasteiger partial charge >= 0.3 is 0 Å². The number of aliphatic hydroxyl groups is 1. The van der Waals surface area contributed by atoms with Crippen molar-refractivity contribution in [2.75, 3.05) is 6.54 Å². The van der Waals surface area contributed by atoms with Crippen LogP contribution in [0.1, 0.15) is 31.3 Å². The van der Waals surface area contributed by atoms with Crippen LogP contribution in [-0.4, -0.2) is 32.8 Å². The molecule has 0 radical (unpaired) electrons. The topological polar surface area (TPSA) is 114 Å². The lowest BCUT2D eigenvalue weighted by Crippen LogP contribution is -2.34. The highest BCUT2D eigenvalue weighted by Gasteiger charge is 2.23. The zero-order valence-corrected chi connectivity index (χ0v) is 16.4. The Kier molecular flexibility index (Phi) is 6.69. The van der Waals surface area contributed by atoms with E-state index in [1.54, 1.807) is 12.1 Å². The summed E-state index contributed by atoms with van der Waals surface area (Å²) >= 11 is 0. The highest BCUT2D eigenvalue weighted by Crippen LogP contribution is 2.25. The van der Waals surface area contributed by atoms with Crippen LogP contribution >= 0.6 is 0 Å². The van der Waals surface area contributed by atoms with Gasteiger partial charge in [0.1, 0.15) is 0 Å². The summed E-state index contributed by atoms with van der Waals surface area (Å²) in [5.74, 6) is 0.941. The molecule has 1 aromatic heterocycles. The first kappa shape index (κ1) is 20.6. The molecule has 0 aliphatic rings. The van der Waals surface area contributed by atoms with E-state index in [-0.39, 0.29) is 17.6 Å². The van der Waals surface area contributed by atoms with Gasteiger partial charge in [0.05, 0.1) is 17.1 Å². The van der Waals surface area contributed by atoms with Crippen molar-refractivity contribution in [1.82, 2.24) is 15.5 Å². The molecule has 0 bridgehead atoms. The van der Waals surface area contributed by atoms with Gasteiger partial charge in [-0.1, -0.05) is 49.3 Å². The normalized spacial score (nSPS) is 13.4. The minimum Gasteiger partial charge on any atom is -0.391 e. The molecule has 1 heterocycles. The monoisotopic (exact) mass is 396 g/mol. The average molecular weight is 396 g/mol. The number of nitrogens with zero attached hydrogens (tertiary/aromatic N) is 3. The Hall–Kier alpha value is -3.10. The van der Waals surface area contributed by atoms with Crippen molar-refractivity contribution in [2.24, 2.45) is 5.92 Å². The molecule has 0 fully saturated rings. The number of hydrogen-bond acceptors (Lipinski definition) is 7. The Morgan fingerprint density at radius 1 is 1.14 bits per heavy atom. The first-order valence-corrected chi connectivity index (χ1v) is 9.48. The second-order valence-electron chi connectivity index (χ2n) is 7.23. The average Bonchev–Trinajstić information content (AvgIpc) is 3.18. The molecule has 0 aliphatic carbocycles. The molecule has 0 spiro atoms. The number of hydrogen-bond donors (Lipinski definition) is 2. The summed E-state index contributed by atoms with van der Waals surface area (Å²) in [5.41, 5.74) is 1.71. The maximum atomic E-state index is 10.8. The molecule has 0 amide bonds. The largest absolute Gasteiger partial charge is 0.391 e. The zero-order valence-electron chi connectivity index (χ0n) is 16.4. The van der Waals surface area contributed by atoms with E-state index >= 15 is 0 Å². The molecule has 152 valence electrons. The predicted octanol–water partition coefficient (Wildman–Crippen LogP) is 3.54. The molecule has 3 rings (SSSR count). The van der Waals surface area contributed by atoms with Gasteiger partial charge in [0, 0.05) is 24.2 Å². The molecule has 8 nitrogen and oxygen atoms in total. The van der Waals surface area contributed by atoms with Crippen molar-refractivity contribution in [3.8, 4) is 11.4 Å². The predicted molar refractivity (Wildman–Crippen MR) is 108 cm³/mol. The Balaban J connectivity index is 1.65. The lowest BCUT2D eigenvalue weighted by molar-refractivity contribution is -0.384. The minimum atomic E-state index is -0.546. The van der Waals surface area contributed by atoms with E-state index in [9.17, 15) is 15.2 Å². The lowest BCUT2D eigenvalue weighted by atomic mass is 10.0. The van der Waals surface area contributed by atoms with Crippen molar-refractivity contribution in [3.63, 3.8) is 0 Å². The van der Waals surface area contributed by atoms with Crippen molar-refractivity contribution in [3.05, 3.63) is 76.2 Å². The number of benzene rings is 2. The van der Waals surface area contributed by atoms with E-state index in [2.05, 4.69) is 15.5 Å². The number of aliphatic hydroxyl groups excluding tert-OH is 1. The van der Waals surface area contributed by atoms with Gasteiger partial charge < -0.3 is 14.9 Å². The van der Waals surface area contributed by atoms with Gasteiger partial charge in [-0.05, 0) is 30.0 Å². The molecule has 0 aliphatic heterocycles. The SMILES string of the molecule is CC(C)[C@@H](NC[C@H](O)Cc1ccccc1)c1nc(-c2ccc([N+](=O)[O-])cc2)no1. The number of nitrogens with one attached hydrogen (secondary N) is 1.